The molecule has 8 heteroatoms. The van der Waals surface area contributed by atoms with Gasteiger partial charge in [-0.25, -0.2) is 9.67 Å². The molecule has 0 atom stereocenters. The number of aryl methyl sites for hydroxylation is 1. The van der Waals surface area contributed by atoms with Crippen molar-refractivity contribution in [3.63, 3.8) is 0 Å². The van der Waals surface area contributed by atoms with Gasteiger partial charge in [-0.15, -0.1) is 0 Å². The highest BCUT2D eigenvalue weighted by molar-refractivity contribution is 5.76. The Morgan fingerprint density at radius 1 is 1.07 bits per heavy atom. The Morgan fingerprint density at radius 2 is 1.93 bits per heavy atom. The Hall–Kier alpha value is -3.03. The topological polar surface area (TPSA) is 89.9 Å². The third-order valence-electron chi connectivity index (χ3n) is 4.66. The summed E-state index contributed by atoms with van der Waals surface area (Å²) >= 11 is 0. The van der Waals surface area contributed by atoms with Crippen molar-refractivity contribution >= 4 is 5.91 Å². The summed E-state index contributed by atoms with van der Waals surface area (Å²) in [5.41, 5.74) is 1.01. The molecule has 4 rings (SSSR count). The molecule has 0 N–H and O–H groups in total. The second kappa shape index (κ2) is 7.69. The Kier molecular flexibility index (Phi) is 4.95. The van der Waals surface area contributed by atoms with Crippen LogP contribution < -0.4 is 0 Å². The standard InChI is InChI=1S/C19H22N6O2/c1-24-19(14-8-4-2-5-9-14)21-15(22-24)12-16-20-17(27-23-16)13-25-11-7-3-6-10-18(25)26/h2,4-5,8-9H,3,6-7,10-13H2,1H3. The molecule has 8 nitrogen and oxygen atoms in total. The van der Waals surface area contributed by atoms with Crippen LogP contribution in [-0.2, 0) is 24.8 Å². The van der Waals surface area contributed by atoms with Gasteiger partial charge in [0.15, 0.2) is 17.5 Å². The maximum absolute atomic E-state index is 12.1. The van der Waals surface area contributed by atoms with Gasteiger partial charge in [0.2, 0.25) is 11.8 Å². The third-order valence-corrected chi connectivity index (χ3v) is 4.66. The van der Waals surface area contributed by atoms with Gasteiger partial charge in [0.1, 0.15) is 0 Å². The third kappa shape index (κ3) is 4.05. The van der Waals surface area contributed by atoms with Crippen molar-refractivity contribution in [3.05, 3.63) is 47.9 Å². The molecule has 140 valence electrons. The van der Waals surface area contributed by atoms with Crippen LogP contribution in [0.4, 0.5) is 0 Å². The molecule has 3 heterocycles. The second-order valence-corrected chi connectivity index (χ2v) is 6.75. The molecular formula is C19H22N6O2. The predicted molar refractivity (Wildman–Crippen MR) is 97.4 cm³/mol. The number of benzene rings is 1. The van der Waals surface area contributed by atoms with Crippen LogP contribution in [0.3, 0.4) is 0 Å². The number of carbonyl (C=O) groups excluding carboxylic acids is 1. The van der Waals surface area contributed by atoms with Crippen molar-refractivity contribution in [2.75, 3.05) is 6.54 Å². The molecule has 3 aromatic rings. The predicted octanol–water partition coefficient (Wildman–Crippen LogP) is 2.36. The zero-order valence-electron chi connectivity index (χ0n) is 15.3. The van der Waals surface area contributed by atoms with Gasteiger partial charge in [0, 0.05) is 25.6 Å². The molecule has 1 aliphatic rings. The number of rotatable bonds is 5. The van der Waals surface area contributed by atoms with Crippen LogP contribution in [-0.4, -0.2) is 42.3 Å². The zero-order chi connectivity index (χ0) is 18.6. The molecule has 27 heavy (non-hydrogen) atoms. The van der Waals surface area contributed by atoms with Gasteiger partial charge >= 0.3 is 0 Å². The Labute approximate surface area is 157 Å². The van der Waals surface area contributed by atoms with Gasteiger partial charge in [0.25, 0.3) is 0 Å². The molecule has 1 saturated heterocycles. The van der Waals surface area contributed by atoms with E-state index in [0.29, 0.717) is 36.9 Å². The second-order valence-electron chi connectivity index (χ2n) is 6.75. The van der Waals surface area contributed by atoms with Gasteiger partial charge in [-0.3, -0.25) is 4.79 Å². The van der Waals surface area contributed by atoms with Gasteiger partial charge < -0.3 is 9.42 Å². The zero-order valence-corrected chi connectivity index (χ0v) is 15.3. The van der Waals surface area contributed by atoms with Crippen LogP contribution in [0.5, 0.6) is 0 Å². The molecule has 0 saturated carbocycles. The van der Waals surface area contributed by atoms with E-state index >= 15 is 0 Å². The van der Waals surface area contributed by atoms with E-state index in [9.17, 15) is 4.79 Å². The molecule has 2 aromatic heterocycles. The number of amides is 1. The fraction of sp³-hybridized carbons (Fsp3) is 0.421. The SMILES string of the molecule is Cn1nc(Cc2noc(CN3CCCCCC3=O)n2)nc1-c1ccccc1. The Morgan fingerprint density at radius 3 is 2.78 bits per heavy atom. The van der Waals surface area contributed by atoms with E-state index in [0.717, 1.165) is 37.2 Å². The summed E-state index contributed by atoms with van der Waals surface area (Å²) in [7, 11) is 1.87. The summed E-state index contributed by atoms with van der Waals surface area (Å²) in [5.74, 6) is 2.57. The lowest BCUT2D eigenvalue weighted by Crippen LogP contribution is -2.29. The van der Waals surface area contributed by atoms with Crippen LogP contribution >= 0.6 is 0 Å². The van der Waals surface area contributed by atoms with Crippen LogP contribution in [0.1, 0.15) is 43.2 Å². The molecule has 0 bridgehead atoms. The number of nitrogens with zero attached hydrogens (tertiary/aromatic N) is 6. The number of aromatic nitrogens is 5. The molecular weight excluding hydrogens is 344 g/mol. The van der Waals surface area contributed by atoms with Gasteiger partial charge in [-0.2, -0.15) is 10.1 Å². The summed E-state index contributed by atoms with van der Waals surface area (Å²) in [6, 6.07) is 9.91. The highest BCUT2D eigenvalue weighted by Gasteiger charge is 2.20. The maximum Gasteiger partial charge on any atom is 0.246 e. The molecule has 0 radical (unpaired) electrons. The van der Waals surface area contributed by atoms with E-state index in [1.54, 1.807) is 9.58 Å². The van der Waals surface area contributed by atoms with E-state index in [-0.39, 0.29) is 5.91 Å². The summed E-state index contributed by atoms with van der Waals surface area (Å²) < 4.78 is 7.08. The van der Waals surface area contributed by atoms with Crippen molar-refractivity contribution in [1.82, 2.24) is 29.8 Å². The Bertz CT molecular complexity index is 917. The van der Waals surface area contributed by atoms with Crippen LogP contribution in [0, 0.1) is 0 Å². The fourth-order valence-electron chi connectivity index (χ4n) is 3.29. The number of likely N-dealkylation sites (tertiary alicyclic amines) is 1. The average molecular weight is 366 g/mol. The largest absolute Gasteiger partial charge is 0.337 e. The first-order chi connectivity index (χ1) is 13.2. The molecule has 1 aromatic carbocycles. The fourth-order valence-corrected chi connectivity index (χ4v) is 3.29. The number of hydrogen-bond donors (Lipinski definition) is 0. The van der Waals surface area contributed by atoms with E-state index in [1.165, 1.54) is 0 Å². The number of carbonyl (C=O) groups is 1. The first-order valence-corrected chi connectivity index (χ1v) is 9.23. The van der Waals surface area contributed by atoms with E-state index < -0.39 is 0 Å². The maximum atomic E-state index is 12.1. The molecule has 1 fully saturated rings. The van der Waals surface area contributed by atoms with E-state index in [1.807, 2.05) is 37.4 Å². The first kappa shape index (κ1) is 17.4. The average Bonchev–Trinajstić information content (AvgIpc) is 3.21. The molecule has 1 aliphatic heterocycles. The lowest BCUT2D eigenvalue weighted by Gasteiger charge is -2.17. The van der Waals surface area contributed by atoms with Crippen molar-refractivity contribution in [3.8, 4) is 11.4 Å². The Balaban J connectivity index is 1.44. The first-order valence-electron chi connectivity index (χ1n) is 9.23. The highest BCUT2D eigenvalue weighted by Crippen LogP contribution is 2.17. The normalized spacial score (nSPS) is 15.1. The van der Waals surface area contributed by atoms with Crippen LogP contribution in [0.15, 0.2) is 34.9 Å². The minimum atomic E-state index is 0.158. The minimum Gasteiger partial charge on any atom is -0.337 e. The number of hydrogen-bond acceptors (Lipinski definition) is 6. The molecule has 0 spiro atoms. The van der Waals surface area contributed by atoms with E-state index in [4.69, 9.17) is 4.52 Å². The van der Waals surface area contributed by atoms with Crippen LogP contribution in [0.25, 0.3) is 11.4 Å². The summed E-state index contributed by atoms with van der Waals surface area (Å²) in [4.78, 5) is 22.9. The van der Waals surface area contributed by atoms with Crippen molar-refractivity contribution in [2.24, 2.45) is 7.05 Å². The quantitative estimate of drug-likeness (QED) is 0.688. The molecule has 0 aliphatic carbocycles. The lowest BCUT2D eigenvalue weighted by atomic mass is 10.2. The molecule has 0 unspecified atom stereocenters. The molecule has 1 amide bonds. The van der Waals surface area contributed by atoms with Crippen molar-refractivity contribution < 1.29 is 9.32 Å². The van der Waals surface area contributed by atoms with Crippen molar-refractivity contribution in [1.29, 1.82) is 0 Å². The minimum absolute atomic E-state index is 0.158. The van der Waals surface area contributed by atoms with Gasteiger partial charge in [-0.1, -0.05) is 41.9 Å². The summed E-state index contributed by atoms with van der Waals surface area (Å²) in [6.07, 6.45) is 4.05. The monoisotopic (exact) mass is 366 g/mol. The smallest absolute Gasteiger partial charge is 0.246 e. The lowest BCUT2D eigenvalue weighted by molar-refractivity contribution is -0.131. The summed E-state index contributed by atoms with van der Waals surface area (Å²) in [5, 5.41) is 8.47. The van der Waals surface area contributed by atoms with Gasteiger partial charge in [-0.05, 0) is 12.8 Å². The highest BCUT2D eigenvalue weighted by atomic mass is 16.5. The van der Waals surface area contributed by atoms with E-state index in [2.05, 4.69) is 20.2 Å². The van der Waals surface area contributed by atoms with Gasteiger partial charge in [0.05, 0.1) is 13.0 Å². The summed E-state index contributed by atoms with van der Waals surface area (Å²) in [6.45, 7) is 1.12. The van der Waals surface area contributed by atoms with Crippen LogP contribution in [0.2, 0.25) is 0 Å². The van der Waals surface area contributed by atoms with Crippen molar-refractivity contribution in [2.45, 2.75) is 38.6 Å².